The van der Waals surface area contributed by atoms with Crippen molar-refractivity contribution in [3.8, 4) is 5.75 Å². The molecule has 0 aliphatic heterocycles. The predicted octanol–water partition coefficient (Wildman–Crippen LogP) is 4.28. The minimum atomic E-state index is -0.946. The Morgan fingerprint density at radius 1 is 0.733 bits per heavy atom. The lowest BCUT2D eigenvalue weighted by Crippen LogP contribution is -2.25. The Labute approximate surface area is 168 Å². The molecule has 0 heterocycles. The van der Waals surface area contributed by atoms with Gasteiger partial charge in [-0.05, 0) is 36.4 Å². The summed E-state index contributed by atoms with van der Waals surface area (Å²) in [5, 5.41) is 45.0. The van der Waals surface area contributed by atoms with E-state index in [-0.39, 0.29) is 5.75 Å². The van der Waals surface area contributed by atoms with Gasteiger partial charge < -0.3 is 5.11 Å². The first-order chi connectivity index (χ1) is 14.3. The molecule has 12 nitrogen and oxygen atoms in total. The van der Waals surface area contributed by atoms with Gasteiger partial charge in [0.05, 0.1) is 38.3 Å². The maximum absolute atomic E-state index is 11.5. The fraction of sp³-hybridized carbons (Fsp3) is 0. The van der Waals surface area contributed by atoms with Gasteiger partial charge in [-0.3, -0.25) is 40.8 Å². The predicted molar refractivity (Wildman–Crippen MR) is 107 cm³/mol. The van der Waals surface area contributed by atoms with Crippen LogP contribution in [-0.4, -0.2) is 19.9 Å². The number of nitrogens with zero attached hydrogens (tertiary/aromatic N) is 4. The van der Waals surface area contributed by atoms with Crippen molar-refractivity contribution < 1.29 is 19.9 Å². The standard InChI is InChI=1S/C18H13N5O7/c24-15-8-6-13(7-9-15)20(12-4-2-1-3-5-12)19-18-16(22(27)28)10-14(21(25)26)11-17(18)23(29)30/h1-11,19,24H. The van der Waals surface area contributed by atoms with E-state index < -0.39 is 37.5 Å². The number of benzene rings is 3. The van der Waals surface area contributed by atoms with E-state index in [1.807, 2.05) is 0 Å². The number of non-ortho nitro benzene ring substituents is 1. The van der Waals surface area contributed by atoms with E-state index in [1.54, 1.807) is 30.3 Å². The first kappa shape index (κ1) is 20.0. The average molecular weight is 411 g/mol. The van der Waals surface area contributed by atoms with E-state index >= 15 is 0 Å². The Kier molecular flexibility index (Phi) is 5.40. The number of hydrazine groups is 1. The molecule has 0 amide bonds. The van der Waals surface area contributed by atoms with E-state index in [9.17, 15) is 35.4 Å². The summed E-state index contributed by atoms with van der Waals surface area (Å²) >= 11 is 0. The second-order valence-corrected chi connectivity index (χ2v) is 5.93. The second kappa shape index (κ2) is 8.10. The zero-order valence-corrected chi connectivity index (χ0v) is 15.0. The summed E-state index contributed by atoms with van der Waals surface area (Å²) in [6, 6.07) is 15.4. The number of para-hydroxylation sites is 1. The summed E-state index contributed by atoms with van der Waals surface area (Å²) < 4.78 is 0. The SMILES string of the molecule is O=[N+]([O-])c1cc([N+](=O)[O-])c(NN(c2ccccc2)c2ccc(O)cc2)c([N+](=O)[O-])c1. The third-order valence-corrected chi connectivity index (χ3v) is 4.03. The number of hydrogen-bond donors (Lipinski definition) is 2. The molecule has 0 fully saturated rings. The first-order valence-electron chi connectivity index (χ1n) is 8.30. The Bertz CT molecular complexity index is 1080. The Morgan fingerprint density at radius 2 is 1.23 bits per heavy atom. The minimum absolute atomic E-state index is 0.0286. The quantitative estimate of drug-likeness (QED) is 0.426. The Balaban J connectivity index is 2.21. The molecule has 0 bridgehead atoms. The molecule has 3 aromatic rings. The van der Waals surface area contributed by atoms with Crippen LogP contribution in [0.2, 0.25) is 0 Å². The number of anilines is 3. The summed E-state index contributed by atoms with van der Waals surface area (Å²) in [7, 11) is 0. The molecule has 0 aliphatic carbocycles. The monoisotopic (exact) mass is 411 g/mol. The van der Waals surface area contributed by atoms with E-state index in [0.29, 0.717) is 23.5 Å². The van der Waals surface area contributed by atoms with Gasteiger partial charge in [0.2, 0.25) is 5.69 Å². The van der Waals surface area contributed by atoms with Crippen molar-refractivity contribution in [3.63, 3.8) is 0 Å². The Hall–Kier alpha value is -4.74. The van der Waals surface area contributed by atoms with E-state index in [0.717, 1.165) is 0 Å². The highest BCUT2D eigenvalue weighted by molar-refractivity contribution is 5.81. The summed E-state index contributed by atoms with van der Waals surface area (Å²) in [4.78, 5) is 31.3. The van der Waals surface area contributed by atoms with Gasteiger partial charge in [-0.2, -0.15) is 0 Å². The molecular weight excluding hydrogens is 398 g/mol. The van der Waals surface area contributed by atoms with Gasteiger partial charge in [0, 0.05) is 0 Å². The topological polar surface area (TPSA) is 165 Å². The molecule has 2 N–H and O–H groups in total. The van der Waals surface area contributed by atoms with Crippen LogP contribution in [0.25, 0.3) is 0 Å². The summed E-state index contributed by atoms with van der Waals surface area (Å²) in [6.45, 7) is 0. The number of nitro groups is 3. The molecule has 0 saturated heterocycles. The van der Waals surface area contributed by atoms with Crippen LogP contribution in [-0.2, 0) is 0 Å². The van der Waals surface area contributed by atoms with Crippen molar-refractivity contribution in [2.24, 2.45) is 0 Å². The number of phenols is 1. The zero-order chi connectivity index (χ0) is 21.8. The van der Waals surface area contributed by atoms with Crippen LogP contribution in [0.1, 0.15) is 0 Å². The molecule has 0 aromatic heterocycles. The zero-order valence-electron chi connectivity index (χ0n) is 15.0. The molecule has 0 saturated carbocycles. The molecule has 152 valence electrons. The normalized spacial score (nSPS) is 10.3. The van der Waals surface area contributed by atoms with Gasteiger partial charge in [-0.25, -0.2) is 0 Å². The molecule has 12 heteroatoms. The second-order valence-electron chi connectivity index (χ2n) is 5.93. The number of nitrogens with one attached hydrogen (secondary N) is 1. The smallest absolute Gasteiger partial charge is 0.308 e. The number of aromatic hydroxyl groups is 1. The maximum Gasteiger partial charge on any atom is 0.308 e. The van der Waals surface area contributed by atoms with Gasteiger partial charge in [0.1, 0.15) is 5.75 Å². The Morgan fingerprint density at radius 3 is 1.70 bits per heavy atom. The lowest BCUT2D eigenvalue weighted by molar-refractivity contribution is -0.401. The largest absolute Gasteiger partial charge is 0.508 e. The average Bonchev–Trinajstić information content (AvgIpc) is 2.72. The van der Waals surface area contributed by atoms with Crippen molar-refractivity contribution in [3.05, 3.63) is 97.1 Å². The van der Waals surface area contributed by atoms with Crippen LogP contribution in [0.5, 0.6) is 5.75 Å². The van der Waals surface area contributed by atoms with Crippen molar-refractivity contribution >= 4 is 34.1 Å². The van der Waals surface area contributed by atoms with E-state index in [1.165, 1.54) is 29.3 Å². The number of phenolic OH excluding ortho intramolecular Hbond substituents is 1. The highest BCUT2D eigenvalue weighted by atomic mass is 16.6. The third-order valence-electron chi connectivity index (χ3n) is 4.03. The highest BCUT2D eigenvalue weighted by Crippen LogP contribution is 2.40. The summed E-state index contributed by atoms with van der Waals surface area (Å²) in [5.74, 6) is -0.0286. The van der Waals surface area contributed by atoms with Crippen molar-refractivity contribution in [1.82, 2.24) is 0 Å². The van der Waals surface area contributed by atoms with Gasteiger partial charge in [-0.1, -0.05) is 18.2 Å². The molecule has 0 radical (unpaired) electrons. The molecule has 30 heavy (non-hydrogen) atoms. The lowest BCUT2D eigenvalue weighted by Gasteiger charge is -2.26. The van der Waals surface area contributed by atoms with Crippen LogP contribution in [0.15, 0.2) is 66.7 Å². The van der Waals surface area contributed by atoms with Crippen LogP contribution >= 0.6 is 0 Å². The molecule has 0 aliphatic rings. The highest BCUT2D eigenvalue weighted by Gasteiger charge is 2.32. The number of hydrogen-bond acceptors (Lipinski definition) is 9. The van der Waals surface area contributed by atoms with E-state index in [2.05, 4.69) is 5.43 Å². The fourth-order valence-corrected chi connectivity index (χ4v) is 2.67. The van der Waals surface area contributed by atoms with Crippen LogP contribution in [0.3, 0.4) is 0 Å². The van der Waals surface area contributed by atoms with Crippen LogP contribution < -0.4 is 10.4 Å². The lowest BCUT2D eigenvalue weighted by atomic mass is 10.2. The molecule has 0 spiro atoms. The fourth-order valence-electron chi connectivity index (χ4n) is 2.67. The van der Waals surface area contributed by atoms with E-state index in [4.69, 9.17) is 0 Å². The van der Waals surface area contributed by atoms with Gasteiger partial charge in [-0.15, -0.1) is 0 Å². The van der Waals surface area contributed by atoms with Crippen LogP contribution in [0.4, 0.5) is 34.1 Å². The number of rotatable bonds is 7. The van der Waals surface area contributed by atoms with Gasteiger partial charge in [0.25, 0.3) is 5.69 Å². The molecule has 3 aromatic carbocycles. The maximum atomic E-state index is 11.5. The van der Waals surface area contributed by atoms with Crippen molar-refractivity contribution in [1.29, 1.82) is 0 Å². The summed E-state index contributed by atoms with van der Waals surface area (Å²) in [5.41, 5.74) is 0.504. The first-order valence-corrected chi connectivity index (χ1v) is 8.30. The molecule has 0 unspecified atom stereocenters. The molecular formula is C18H13N5O7. The minimum Gasteiger partial charge on any atom is -0.508 e. The molecule has 0 atom stereocenters. The van der Waals surface area contributed by atoms with Gasteiger partial charge in [0.15, 0.2) is 0 Å². The third kappa shape index (κ3) is 4.06. The number of nitro benzene ring substituents is 3. The van der Waals surface area contributed by atoms with Crippen molar-refractivity contribution in [2.45, 2.75) is 0 Å². The summed E-state index contributed by atoms with van der Waals surface area (Å²) in [6.07, 6.45) is 0. The van der Waals surface area contributed by atoms with Gasteiger partial charge >= 0.3 is 11.4 Å². The van der Waals surface area contributed by atoms with Crippen LogP contribution in [0, 0.1) is 30.3 Å². The van der Waals surface area contributed by atoms with Crippen molar-refractivity contribution in [2.75, 3.05) is 10.4 Å². The molecule has 3 rings (SSSR count).